The predicted octanol–water partition coefficient (Wildman–Crippen LogP) is 2.18. The van der Waals surface area contributed by atoms with Crippen molar-refractivity contribution >= 4 is 11.7 Å². The molecule has 0 saturated heterocycles. The Morgan fingerprint density at radius 1 is 1.24 bits per heavy atom. The van der Waals surface area contributed by atoms with E-state index in [1.54, 1.807) is 18.6 Å². The van der Waals surface area contributed by atoms with Crippen LogP contribution in [0.15, 0.2) is 36.9 Å². The molecule has 0 aliphatic rings. The number of carbonyl (C=O) groups is 1. The van der Waals surface area contributed by atoms with Crippen LogP contribution in [0.5, 0.6) is 0 Å². The van der Waals surface area contributed by atoms with Crippen molar-refractivity contribution in [2.75, 3.05) is 11.9 Å². The molecule has 0 radical (unpaired) electrons. The smallest absolute Gasteiger partial charge is 0.272 e. The van der Waals surface area contributed by atoms with Gasteiger partial charge in [0.1, 0.15) is 11.5 Å². The fourth-order valence-corrected chi connectivity index (χ4v) is 1.82. The molecule has 2 aromatic rings. The number of rotatable bonds is 6. The molecule has 2 heterocycles. The fraction of sp³-hybridized carbons (Fsp3) is 0.333. The minimum absolute atomic E-state index is 0.116. The van der Waals surface area contributed by atoms with Crippen LogP contribution in [0.1, 0.15) is 42.4 Å². The van der Waals surface area contributed by atoms with Crippen molar-refractivity contribution in [2.24, 2.45) is 0 Å². The van der Waals surface area contributed by atoms with Gasteiger partial charge in [0.05, 0.1) is 18.4 Å². The lowest BCUT2D eigenvalue weighted by molar-refractivity contribution is 0.0934. The Morgan fingerprint density at radius 3 is 2.71 bits per heavy atom. The molecule has 21 heavy (non-hydrogen) atoms. The molecule has 2 rings (SSSR count). The number of nitrogens with zero attached hydrogens (tertiary/aromatic N) is 3. The number of pyridine rings is 1. The van der Waals surface area contributed by atoms with E-state index >= 15 is 0 Å². The molecule has 0 aromatic carbocycles. The van der Waals surface area contributed by atoms with E-state index in [1.807, 2.05) is 19.1 Å². The lowest BCUT2D eigenvalue weighted by Crippen LogP contribution is -2.27. The maximum absolute atomic E-state index is 12.2. The summed E-state index contributed by atoms with van der Waals surface area (Å²) in [6.45, 7) is 4.78. The van der Waals surface area contributed by atoms with Crippen LogP contribution in [-0.4, -0.2) is 27.4 Å². The van der Waals surface area contributed by atoms with Crippen LogP contribution in [0.25, 0.3) is 0 Å². The van der Waals surface area contributed by atoms with E-state index in [1.165, 1.54) is 6.20 Å². The highest BCUT2D eigenvalue weighted by atomic mass is 16.1. The molecule has 0 saturated carbocycles. The highest BCUT2D eigenvalue weighted by Crippen LogP contribution is 2.11. The normalized spacial score (nSPS) is 11.7. The number of anilines is 1. The summed E-state index contributed by atoms with van der Waals surface area (Å²) in [4.78, 5) is 24.5. The predicted molar refractivity (Wildman–Crippen MR) is 80.9 cm³/mol. The lowest BCUT2D eigenvalue weighted by Gasteiger charge is -2.14. The van der Waals surface area contributed by atoms with Crippen molar-refractivity contribution in [3.63, 3.8) is 0 Å². The number of nitrogens with one attached hydrogen (secondary N) is 2. The van der Waals surface area contributed by atoms with Crippen LogP contribution in [0, 0.1) is 0 Å². The zero-order valence-corrected chi connectivity index (χ0v) is 12.2. The summed E-state index contributed by atoms with van der Waals surface area (Å²) in [6, 6.07) is 3.63. The fourth-order valence-electron chi connectivity index (χ4n) is 1.82. The first kappa shape index (κ1) is 14.9. The summed E-state index contributed by atoms with van der Waals surface area (Å²) in [5.74, 6) is 0.369. The molecule has 0 bridgehead atoms. The van der Waals surface area contributed by atoms with Crippen molar-refractivity contribution in [1.29, 1.82) is 0 Å². The standard InChI is InChI=1S/C15H19N5O/c1-3-6-18-14-10-17-9-13(20-14)15(21)19-11(2)12-4-7-16-8-5-12/h4-5,7-11H,3,6H2,1-2H3,(H,18,20)(H,19,21). The van der Waals surface area contributed by atoms with E-state index < -0.39 is 0 Å². The Labute approximate surface area is 124 Å². The Kier molecular flexibility index (Phi) is 5.20. The molecule has 0 aliphatic carbocycles. The van der Waals surface area contributed by atoms with Gasteiger partial charge in [0.25, 0.3) is 5.91 Å². The van der Waals surface area contributed by atoms with Crippen LogP contribution in [-0.2, 0) is 0 Å². The zero-order chi connectivity index (χ0) is 15.1. The molecule has 1 unspecified atom stereocenters. The highest BCUT2D eigenvalue weighted by Gasteiger charge is 2.13. The topological polar surface area (TPSA) is 79.8 Å². The van der Waals surface area contributed by atoms with Gasteiger partial charge in [0, 0.05) is 18.9 Å². The molecule has 1 atom stereocenters. The monoisotopic (exact) mass is 285 g/mol. The van der Waals surface area contributed by atoms with Crippen LogP contribution in [0.2, 0.25) is 0 Å². The summed E-state index contributed by atoms with van der Waals surface area (Å²) in [6.07, 6.45) is 7.46. The minimum Gasteiger partial charge on any atom is -0.369 e. The second-order valence-electron chi connectivity index (χ2n) is 4.69. The number of hydrogen-bond donors (Lipinski definition) is 2. The van der Waals surface area contributed by atoms with Gasteiger partial charge in [-0.1, -0.05) is 6.92 Å². The third kappa shape index (κ3) is 4.24. The van der Waals surface area contributed by atoms with E-state index in [0.717, 1.165) is 18.5 Å². The SMILES string of the molecule is CCCNc1cncc(C(=O)NC(C)c2ccncc2)n1. The van der Waals surface area contributed by atoms with Gasteiger partial charge < -0.3 is 10.6 Å². The maximum Gasteiger partial charge on any atom is 0.272 e. The Hall–Kier alpha value is -2.50. The van der Waals surface area contributed by atoms with Crippen molar-refractivity contribution in [1.82, 2.24) is 20.3 Å². The molecule has 6 heteroatoms. The van der Waals surface area contributed by atoms with Gasteiger partial charge >= 0.3 is 0 Å². The third-order valence-electron chi connectivity index (χ3n) is 2.98. The van der Waals surface area contributed by atoms with Crippen molar-refractivity contribution in [3.05, 3.63) is 48.2 Å². The Bertz CT molecular complexity index is 588. The van der Waals surface area contributed by atoms with Crippen LogP contribution < -0.4 is 10.6 Å². The minimum atomic E-state index is -0.244. The van der Waals surface area contributed by atoms with Gasteiger partial charge in [0.15, 0.2) is 0 Å². The molecule has 110 valence electrons. The highest BCUT2D eigenvalue weighted by molar-refractivity contribution is 5.92. The van der Waals surface area contributed by atoms with Gasteiger partial charge in [-0.15, -0.1) is 0 Å². The van der Waals surface area contributed by atoms with Gasteiger partial charge in [-0.25, -0.2) is 4.98 Å². The summed E-state index contributed by atoms with van der Waals surface area (Å²) in [7, 11) is 0. The molecule has 6 nitrogen and oxygen atoms in total. The molecule has 2 N–H and O–H groups in total. The number of aromatic nitrogens is 3. The average molecular weight is 285 g/mol. The first-order valence-electron chi connectivity index (χ1n) is 6.97. The number of amides is 1. The molecule has 1 amide bonds. The van der Waals surface area contributed by atoms with Crippen molar-refractivity contribution in [2.45, 2.75) is 26.3 Å². The Balaban J connectivity index is 2.03. The average Bonchev–Trinajstić information content (AvgIpc) is 2.54. The summed E-state index contributed by atoms with van der Waals surface area (Å²) in [5.41, 5.74) is 1.29. The van der Waals surface area contributed by atoms with E-state index in [0.29, 0.717) is 11.5 Å². The van der Waals surface area contributed by atoms with Gasteiger partial charge in [-0.2, -0.15) is 0 Å². The number of hydrogen-bond acceptors (Lipinski definition) is 5. The van der Waals surface area contributed by atoms with Gasteiger partial charge in [-0.3, -0.25) is 14.8 Å². The maximum atomic E-state index is 12.2. The molecule has 2 aromatic heterocycles. The van der Waals surface area contributed by atoms with Crippen molar-refractivity contribution < 1.29 is 4.79 Å². The first-order valence-corrected chi connectivity index (χ1v) is 6.97. The van der Waals surface area contributed by atoms with E-state index in [9.17, 15) is 4.79 Å². The summed E-state index contributed by atoms with van der Waals surface area (Å²) >= 11 is 0. The quantitative estimate of drug-likeness (QED) is 0.850. The Morgan fingerprint density at radius 2 is 2.00 bits per heavy atom. The molecular formula is C15H19N5O. The van der Waals surface area contributed by atoms with Gasteiger partial charge in [0.2, 0.25) is 0 Å². The number of carbonyl (C=O) groups excluding carboxylic acids is 1. The molecule has 0 aliphatic heterocycles. The largest absolute Gasteiger partial charge is 0.369 e. The van der Waals surface area contributed by atoms with Crippen LogP contribution in [0.4, 0.5) is 5.82 Å². The third-order valence-corrected chi connectivity index (χ3v) is 2.98. The van der Waals surface area contributed by atoms with Crippen molar-refractivity contribution in [3.8, 4) is 0 Å². The zero-order valence-electron chi connectivity index (χ0n) is 12.2. The second kappa shape index (κ2) is 7.33. The molecule has 0 fully saturated rings. The van der Waals surface area contributed by atoms with Crippen LogP contribution in [0.3, 0.4) is 0 Å². The summed E-state index contributed by atoms with van der Waals surface area (Å²) in [5, 5.41) is 6.01. The van der Waals surface area contributed by atoms with Gasteiger partial charge in [-0.05, 0) is 31.0 Å². The molecular weight excluding hydrogens is 266 g/mol. The molecule has 0 spiro atoms. The lowest BCUT2D eigenvalue weighted by atomic mass is 10.1. The summed E-state index contributed by atoms with van der Waals surface area (Å²) < 4.78 is 0. The van der Waals surface area contributed by atoms with E-state index in [2.05, 4.69) is 32.5 Å². The second-order valence-corrected chi connectivity index (χ2v) is 4.69. The van der Waals surface area contributed by atoms with E-state index in [4.69, 9.17) is 0 Å². The van der Waals surface area contributed by atoms with E-state index in [-0.39, 0.29) is 11.9 Å². The van der Waals surface area contributed by atoms with Crippen LogP contribution >= 0.6 is 0 Å². The first-order chi connectivity index (χ1) is 10.2.